The van der Waals surface area contributed by atoms with Crippen LogP contribution < -0.4 is 10.2 Å². The Bertz CT molecular complexity index is 348. The molecule has 0 bridgehead atoms. The molecule has 1 fully saturated rings. The van der Waals surface area contributed by atoms with Crippen LogP contribution in [0, 0.1) is 5.92 Å². The summed E-state index contributed by atoms with van der Waals surface area (Å²) in [4.78, 5) is 6.38. The van der Waals surface area contributed by atoms with Crippen LogP contribution in [0.5, 0.6) is 0 Å². The lowest BCUT2D eigenvalue weighted by atomic mass is 10.2. The van der Waals surface area contributed by atoms with Gasteiger partial charge in [0, 0.05) is 19.6 Å². The van der Waals surface area contributed by atoms with Gasteiger partial charge in [0.15, 0.2) is 0 Å². The molecule has 1 heterocycles. The molecule has 0 amide bonds. The van der Waals surface area contributed by atoms with Gasteiger partial charge in [-0.05, 0) is 37.8 Å². The van der Waals surface area contributed by atoms with Gasteiger partial charge in [0.05, 0.1) is 18.5 Å². The fourth-order valence-corrected chi connectivity index (χ4v) is 1.92. The average molecular weight is 235 g/mol. The number of hydrogen-bond donors (Lipinski definition) is 2. The third kappa shape index (κ3) is 3.33. The monoisotopic (exact) mass is 235 g/mol. The molecule has 4 nitrogen and oxygen atoms in total. The fraction of sp³-hybridized carbons (Fsp3) is 0.615. The Morgan fingerprint density at radius 2 is 2.29 bits per heavy atom. The van der Waals surface area contributed by atoms with Crippen molar-refractivity contribution in [2.45, 2.75) is 25.8 Å². The zero-order valence-electron chi connectivity index (χ0n) is 10.6. The SMILES string of the molecule is CC(Nc1ccc(N(C)CCO)cn1)C1CC1. The fourth-order valence-electron chi connectivity index (χ4n) is 1.92. The van der Waals surface area contributed by atoms with Gasteiger partial charge < -0.3 is 15.3 Å². The van der Waals surface area contributed by atoms with Crippen LogP contribution in [-0.2, 0) is 0 Å². The molecule has 2 rings (SSSR count). The lowest BCUT2D eigenvalue weighted by molar-refractivity contribution is 0.304. The lowest BCUT2D eigenvalue weighted by Crippen LogP contribution is -2.22. The number of nitrogens with one attached hydrogen (secondary N) is 1. The predicted molar refractivity (Wildman–Crippen MR) is 70.4 cm³/mol. The van der Waals surface area contributed by atoms with Crippen molar-refractivity contribution < 1.29 is 5.11 Å². The first-order chi connectivity index (χ1) is 8.20. The highest BCUT2D eigenvalue weighted by atomic mass is 16.3. The van der Waals surface area contributed by atoms with Gasteiger partial charge in [-0.3, -0.25) is 0 Å². The molecule has 1 saturated carbocycles. The molecule has 0 saturated heterocycles. The molecule has 0 radical (unpaired) electrons. The summed E-state index contributed by atoms with van der Waals surface area (Å²) < 4.78 is 0. The Labute approximate surface area is 103 Å². The van der Waals surface area contributed by atoms with Crippen molar-refractivity contribution >= 4 is 11.5 Å². The number of likely N-dealkylation sites (N-methyl/N-ethyl adjacent to an activating group) is 1. The molecule has 17 heavy (non-hydrogen) atoms. The van der Waals surface area contributed by atoms with E-state index in [0.717, 1.165) is 17.4 Å². The van der Waals surface area contributed by atoms with Crippen molar-refractivity contribution in [3.05, 3.63) is 18.3 Å². The molecule has 1 atom stereocenters. The van der Waals surface area contributed by atoms with E-state index in [1.165, 1.54) is 12.8 Å². The highest BCUT2D eigenvalue weighted by Crippen LogP contribution is 2.33. The number of aromatic nitrogens is 1. The summed E-state index contributed by atoms with van der Waals surface area (Å²) in [6.07, 6.45) is 4.52. The average Bonchev–Trinajstić information content (AvgIpc) is 3.14. The number of rotatable bonds is 6. The summed E-state index contributed by atoms with van der Waals surface area (Å²) in [5.41, 5.74) is 1.03. The van der Waals surface area contributed by atoms with Gasteiger partial charge >= 0.3 is 0 Å². The van der Waals surface area contributed by atoms with Crippen LogP contribution in [0.2, 0.25) is 0 Å². The van der Waals surface area contributed by atoms with E-state index in [9.17, 15) is 0 Å². The van der Waals surface area contributed by atoms with E-state index in [4.69, 9.17) is 5.11 Å². The maximum atomic E-state index is 8.87. The second-order valence-corrected chi connectivity index (χ2v) is 4.82. The second-order valence-electron chi connectivity index (χ2n) is 4.82. The molecule has 1 aromatic heterocycles. The van der Waals surface area contributed by atoms with Crippen LogP contribution in [0.15, 0.2) is 18.3 Å². The summed E-state index contributed by atoms with van der Waals surface area (Å²) >= 11 is 0. The molecule has 1 aromatic rings. The Kier molecular flexibility index (Phi) is 3.84. The highest BCUT2D eigenvalue weighted by Gasteiger charge is 2.27. The number of aliphatic hydroxyl groups excluding tert-OH is 1. The third-order valence-electron chi connectivity index (χ3n) is 3.33. The van der Waals surface area contributed by atoms with Gasteiger partial charge in [-0.2, -0.15) is 0 Å². The third-order valence-corrected chi connectivity index (χ3v) is 3.33. The van der Waals surface area contributed by atoms with Gasteiger partial charge in [0.25, 0.3) is 0 Å². The molecule has 0 aromatic carbocycles. The van der Waals surface area contributed by atoms with Crippen molar-refractivity contribution in [3.8, 4) is 0 Å². The molecular weight excluding hydrogens is 214 g/mol. The van der Waals surface area contributed by atoms with E-state index < -0.39 is 0 Å². The van der Waals surface area contributed by atoms with E-state index in [0.29, 0.717) is 12.6 Å². The largest absolute Gasteiger partial charge is 0.395 e. The van der Waals surface area contributed by atoms with E-state index in [1.54, 1.807) is 0 Å². The number of pyridine rings is 1. The van der Waals surface area contributed by atoms with E-state index in [2.05, 4.69) is 17.2 Å². The minimum absolute atomic E-state index is 0.162. The predicted octanol–water partition coefficient (Wildman–Crippen LogP) is 1.72. The lowest BCUT2D eigenvalue weighted by Gasteiger charge is -2.18. The highest BCUT2D eigenvalue weighted by molar-refractivity contribution is 5.49. The molecule has 4 heteroatoms. The zero-order chi connectivity index (χ0) is 12.3. The van der Waals surface area contributed by atoms with E-state index >= 15 is 0 Å². The standard InChI is InChI=1S/C13H21N3O/c1-10(11-3-4-11)15-13-6-5-12(9-14-13)16(2)7-8-17/h5-6,9-11,17H,3-4,7-8H2,1-2H3,(H,14,15). The van der Waals surface area contributed by atoms with Gasteiger partial charge in [0.1, 0.15) is 5.82 Å². The Balaban J connectivity index is 1.92. The topological polar surface area (TPSA) is 48.4 Å². The molecule has 94 valence electrons. The van der Waals surface area contributed by atoms with Crippen LogP contribution in [0.1, 0.15) is 19.8 Å². The first-order valence-corrected chi connectivity index (χ1v) is 6.25. The van der Waals surface area contributed by atoms with Crippen LogP contribution in [0.4, 0.5) is 11.5 Å². The Morgan fingerprint density at radius 1 is 1.53 bits per heavy atom. The van der Waals surface area contributed by atoms with Crippen molar-refractivity contribution in [2.24, 2.45) is 5.92 Å². The minimum Gasteiger partial charge on any atom is -0.395 e. The molecule has 1 aliphatic rings. The summed E-state index contributed by atoms with van der Waals surface area (Å²) in [6, 6.07) is 4.55. The van der Waals surface area contributed by atoms with Crippen LogP contribution in [-0.4, -0.2) is 36.3 Å². The van der Waals surface area contributed by atoms with Crippen LogP contribution >= 0.6 is 0 Å². The van der Waals surface area contributed by atoms with Crippen molar-refractivity contribution in [3.63, 3.8) is 0 Å². The summed E-state index contributed by atoms with van der Waals surface area (Å²) in [6.45, 7) is 3.01. The first-order valence-electron chi connectivity index (χ1n) is 6.25. The smallest absolute Gasteiger partial charge is 0.126 e. The molecule has 0 spiro atoms. The quantitative estimate of drug-likeness (QED) is 0.788. The summed E-state index contributed by atoms with van der Waals surface area (Å²) in [7, 11) is 1.95. The zero-order valence-corrected chi connectivity index (χ0v) is 10.6. The van der Waals surface area contributed by atoms with Crippen molar-refractivity contribution in [1.29, 1.82) is 0 Å². The molecule has 1 aliphatic carbocycles. The number of hydrogen-bond acceptors (Lipinski definition) is 4. The first kappa shape index (κ1) is 12.2. The minimum atomic E-state index is 0.162. The Hall–Kier alpha value is -1.29. The molecular formula is C13H21N3O. The van der Waals surface area contributed by atoms with Gasteiger partial charge in [0.2, 0.25) is 0 Å². The second kappa shape index (κ2) is 5.36. The van der Waals surface area contributed by atoms with Gasteiger partial charge in [-0.1, -0.05) is 0 Å². The number of anilines is 2. The van der Waals surface area contributed by atoms with E-state index in [1.807, 2.05) is 30.3 Å². The van der Waals surface area contributed by atoms with Crippen molar-refractivity contribution in [2.75, 3.05) is 30.4 Å². The van der Waals surface area contributed by atoms with Crippen LogP contribution in [0.25, 0.3) is 0 Å². The number of nitrogens with zero attached hydrogens (tertiary/aromatic N) is 2. The summed E-state index contributed by atoms with van der Waals surface area (Å²) in [5.74, 6) is 1.76. The maximum Gasteiger partial charge on any atom is 0.126 e. The molecule has 2 N–H and O–H groups in total. The van der Waals surface area contributed by atoms with E-state index in [-0.39, 0.29) is 6.61 Å². The van der Waals surface area contributed by atoms with Crippen LogP contribution in [0.3, 0.4) is 0 Å². The molecule has 0 aliphatic heterocycles. The van der Waals surface area contributed by atoms with Gasteiger partial charge in [-0.15, -0.1) is 0 Å². The number of aliphatic hydroxyl groups is 1. The maximum absolute atomic E-state index is 8.87. The van der Waals surface area contributed by atoms with Gasteiger partial charge in [-0.25, -0.2) is 4.98 Å². The Morgan fingerprint density at radius 3 is 2.82 bits per heavy atom. The normalized spacial score (nSPS) is 16.6. The molecule has 1 unspecified atom stereocenters. The summed E-state index contributed by atoms with van der Waals surface area (Å²) in [5, 5.41) is 12.3. The van der Waals surface area contributed by atoms with Crippen molar-refractivity contribution in [1.82, 2.24) is 4.98 Å².